The molecule has 1 aliphatic rings. The molecule has 2 aromatic carbocycles. The highest BCUT2D eigenvalue weighted by Crippen LogP contribution is 2.19. The van der Waals surface area contributed by atoms with Crippen LogP contribution in [0.15, 0.2) is 64.8 Å². The standard InChI is InChI=1S/C18H17N3O2S/c1-13-17(22)20-18(24-13)21-19-11-15-9-5-6-10-16(15)23-12-14-7-3-2-4-8-14/h2-11,13H,12H2,1H3,(H,20,21,22)/b19-11-/t13-/m1/s1. The Labute approximate surface area is 144 Å². The van der Waals surface area contributed by atoms with Gasteiger partial charge in [-0.3, -0.25) is 4.79 Å². The van der Waals surface area contributed by atoms with Crippen LogP contribution in [0.25, 0.3) is 0 Å². The van der Waals surface area contributed by atoms with Crippen LogP contribution >= 0.6 is 11.8 Å². The van der Waals surface area contributed by atoms with Gasteiger partial charge in [0.1, 0.15) is 12.4 Å². The zero-order valence-corrected chi connectivity index (χ0v) is 14.0. The van der Waals surface area contributed by atoms with Gasteiger partial charge in [0, 0.05) is 5.56 Å². The molecule has 0 aromatic heterocycles. The van der Waals surface area contributed by atoms with Crippen molar-refractivity contribution in [2.75, 3.05) is 0 Å². The third kappa shape index (κ3) is 4.23. The lowest BCUT2D eigenvalue weighted by atomic mass is 10.2. The fourth-order valence-corrected chi connectivity index (χ4v) is 2.86. The summed E-state index contributed by atoms with van der Waals surface area (Å²) in [4.78, 5) is 11.4. The molecule has 6 heteroatoms. The number of ether oxygens (including phenoxy) is 1. The molecule has 122 valence electrons. The first-order chi connectivity index (χ1) is 11.7. The first-order valence-electron chi connectivity index (χ1n) is 7.56. The molecule has 0 aliphatic carbocycles. The monoisotopic (exact) mass is 339 g/mol. The maximum atomic E-state index is 11.4. The number of nitrogens with zero attached hydrogens (tertiary/aromatic N) is 2. The fraction of sp³-hybridized carbons (Fsp3) is 0.167. The van der Waals surface area contributed by atoms with Gasteiger partial charge >= 0.3 is 0 Å². The zero-order chi connectivity index (χ0) is 16.8. The summed E-state index contributed by atoms with van der Waals surface area (Å²) in [6.07, 6.45) is 1.63. The third-order valence-corrected chi connectivity index (χ3v) is 4.36. The molecule has 1 saturated heterocycles. The number of thioether (sulfide) groups is 1. The summed E-state index contributed by atoms with van der Waals surface area (Å²) in [7, 11) is 0. The van der Waals surface area contributed by atoms with Crippen molar-refractivity contribution < 1.29 is 9.53 Å². The molecule has 2 aromatic rings. The van der Waals surface area contributed by atoms with Crippen molar-refractivity contribution in [1.82, 2.24) is 5.32 Å². The smallest absolute Gasteiger partial charge is 0.239 e. The minimum Gasteiger partial charge on any atom is -0.488 e. The molecule has 0 radical (unpaired) electrons. The van der Waals surface area contributed by atoms with Crippen molar-refractivity contribution in [3.8, 4) is 5.75 Å². The van der Waals surface area contributed by atoms with Crippen LogP contribution in [0.1, 0.15) is 18.1 Å². The van der Waals surface area contributed by atoms with E-state index in [1.54, 1.807) is 6.21 Å². The van der Waals surface area contributed by atoms with Crippen molar-refractivity contribution in [2.45, 2.75) is 18.8 Å². The minimum absolute atomic E-state index is 0.0412. The molecule has 1 N–H and O–H groups in total. The largest absolute Gasteiger partial charge is 0.488 e. The van der Waals surface area contributed by atoms with E-state index in [1.165, 1.54) is 11.8 Å². The Balaban J connectivity index is 1.67. The molecule has 1 aliphatic heterocycles. The zero-order valence-electron chi connectivity index (χ0n) is 13.2. The van der Waals surface area contributed by atoms with Gasteiger partial charge in [-0.1, -0.05) is 54.2 Å². The molecule has 5 nitrogen and oxygen atoms in total. The van der Waals surface area contributed by atoms with Crippen LogP contribution in [0.4, 0.5) is 0 Å². The summed E-state index contributed by atoms with van der Waals surface area (Å²) in [5.74, 6) is 0.697. The summed E-state index contributed by atoms with van der Waals surface area (Å²) >= 11 is 1.36. The molecule has 1 atom stereocenters. The molecule has 1 amide bonds. The number of amides is 1. The lowest BCUT2D eigenvalue weighted by Gasteiger charge is -2.08. The van der Waals surface area contributed by atoms with Gasteiger partial charge in [0.2, 0.25) is 5.91 Å². The normalized spacial score (nSPS) is 19.0. The second-order valence-corrected chi connectivity index (χ2v) is 6.54. The second-order valence-electron chi connectivity index (χ2n) is 5.21. The van der Waals surface area contributed by atoms with Gasteiger partial charge in [-0.2, -0.15) is 5.10 Å². The van der Waals surface area contributed by atoms with E-state index in [1.807, 2.05) is 61.5 Å². The number of amidine groups is 1. The summed E-state index contributed by atoms with van der Waals surface area (Å²) < 4.78 is 5.87. The average Bonchev–Trinajstić information content (AvgIpc) is 2.93. The Morgan fingerprint density at radius 3 is 2.67 bits per heavy atom. The van der Waals surface area contributed by atoms with E-state index in [0.717, 1.165) is 16.9 Å². The summed E-state index contributed by atoms with van der Waals surface area (Å²) in [6.45, 7) is 2.32. The maximum absolute atomic E-state index is 11.4. The van der Waals surface area contributed by atoms with Crippen LogP contribution in [0.3, 0.4) is 0 Å². The molecule has 0 spiro atoms. The van der Waals surface area contributed by atoms with Crippen LogP contribution in [0.5, 0.6) is 5.75 Å². The SMILES string of the molecule is C[C@H]1S/C(=N/N=C\c2ccccc2OCc2ccccc2)NC1=O. The van der Waals surface area contributed by atoms with Crippen molar-refractivity contribution >= 4 is 29.1 Å². The summed E-state index contributed by atoms with van der Waals surface area (Å²) in [5, 5.41) is 11.2. The van der Waals surface area contributed by atoms with E-state index in [0.29, 0.717) is 11.8 Å². The quantitative estimate of drug-likeness (QED) is 0.672. The van der Waals surface area contributed by atoms with Gasteiger partial charge in [-0.15, -0.1) is 5.10 Å². The topological polar surface area (TPSA) is 63.1 Å². The Bertz CT molecular complexity index is 775. The van der Waals surface area contributed by atoms with E-state index >= 15 is 0 Å². The van der Waals surface area contributed by atoms with Crippen molar-refractivity contribution in [2.24, 2.45) is 10.2 Å². The van der Waals surface area contributed by atoms with Gasteiger partial charge in [0.25, 0.3) is 0 Å². The van der Waals surface area contributed by atoms with Gasteiger partial charge in [-0.25, -0.2) is 0 Å². The van der Waals surface area contributed by atoms with E-state index in [2.05, 4.69) is 15.5 Å². The molecule has 0 bridgehead atoms. The first kappa shape index (κ1) is 16.3. The second kappa shape index (κ2) is 7.79. The molecule has 0 saturated carbocycles. The lowest BCUT2D eigenvalue weighted by molar-refractivity contribution is -0.118. The Morgan fingerprint density at radius 2 is 1.92 bits per heavy atom. The maximum Gasteiger partial charge on any atom is 0.239 e. The Kier molecular flexibility index (Phi) is 5.28. The average molecular weight is 339 g/mol. The van der Waals surface area contributed by atoms with Gasteiger partial charge in [0.15, 0.2) is 5.17 Å². The predicted molar refractivity (Wildman–Crippen MR) is 97.4 cm³/mol. The van der Waals surface area contributed by atoms with Crippen LogP contribution in [-0.4, -0.2) is 22.5 Å². The fourth-order valence-electron chi connectivity index (χ4n) is 2.10. The molecule has 1 fully saturated rings. The molecular formula is C18H17N3O2S. The molecule has 1 heterocycles. The number of hydrogen-bond acceptors (Lipinski definition) is 5. The van der Waals surface area contributed by atoms with Gasteiger partial charge < -0.3 is 10.1 Å². The predicted octanol–water partition coefficient (Wildman–Crippen LogP) is 3.21. The highest BCUT2D eigenvalue weighted by Gasteiger charge is 2.25. The van der Waals surface area contributed by atoms with Gasteiger partial charge in [0.05, 0.1) is 11.5 Å². The highest BCUT2D eigenvalue weighted by molar-refractivity contribution is 8.15. The molecule has 24 heavy (non-hydrogen) atoms. The van der Waals surface area contributed by atoms with Crippen LogP contribution < -0.4 is 10.1 Å². The minimum atomic E-state index is -0.125. The number of benzene rings is 2. The van der Waals surface area contributed by atoms with Crippen molar-refractivity contribution in [1.29, 1.82) is 0 Å². The van der Waals surface area contributed by atoms with E-state index in [-0.39, 0.29) is 11.2 Å². The van der Waals surface area contributed by atoms with E-state index in [4.69, 9.17) is 4.74 Å². The lowest BCUT2D eigenvalue weighted by Crippen LogP contribution is -2.23. The summed E-state index contributed by atoms with van der Waals surface area (Å²) in [5.41, 5.74) is 1.93. The van der Waals surface area contributed by atoms with Crippen LogP contribution in [0, 0.1) is 0 Å². The number of rotatable bonds is 5. The third-order valence-electron chi connectivity index (χ3n) is 3.39. The van der Waals surface area contributed by atoms with E-state index < -0.39 is 0 Å². The summed E-state index contributed by atoms with van der Waals surface area (Å²) in [6, 6.07) is 17.6. The first-order valence-corrected chi connectivity index (χ1v) is 8.44. The molecule has 0 unspecified atom stereocenters. The Morgan fingerprint density at radius 1 is 1.17 bits per heavy atom. The van der Waals surface area contributed by atoms with Crippen LogP contribution in [-0.2, 0) is 11.4 Å². The number of carbonyl (C=O) groups excluding carboxylic acids is 1. The van der Waals surface area contributed by atoms with Crippen LogP contribution in [0.2, 0.25) is 0 Å². The molecular weight excluding hydrogens is 322 g/mol. The number of para-hydroxylation sites is 1. The highest BCUT2D eigenvalue weighted by atomic mass is 32.2. The number of hydrogen-bond donors (Lipinski definition) is 1. The molecule has 3 rings (SSSR count). The number of nitrogens with one attached hydrogen (secondary N) is 1. The van der Waals surface area contributed by atoms with E-state index in [9.17, 15) is 4.79 Å². The Hall–Kier alpha value is -2.60. The number of carbonyl (C=O) groups is 1. The van der Waals surface area contributed by atoms with Crippen molar-refractivity contribution in [3.05, 3.63) is 65.7 Å². The van der Waals surface area contributed by atoms with Gasteiger partial charge in [-0.05, 0) is 24.6 Å². The van der Waals surface area contributed by atoms with Crippen molar-refractivity contribution in [3.63, 3.8) is 0 Å².